The zero-order chi connectivity index (χ0) is 20.9. The van der Waals surface area contributed by atoms with Crippen LogP contribution in [0.25, 0.3) is 11.0 Å². The lowest BCUT2D eigenvalue weighted by molar-refractivity contribution is -0.137. The third kappa shape index (κ3) is 3.29. The van der Waals surface area contributed by atoms with E-state index in [0.29, 0.717) is 24.7 Å². The number of fused-ring (bicyclic) bond motifs is 5. The number of rotatable bonds is 4. The van der Waals surface area contributed by atoms with Crippen molar-refractivity contribution in [3.05, 3.63) is 64.5 Å². The number of aryl methyl sites for hydroxylation is 2. The molecule has 1 atom stereocenters. The van der Waals surface area contributed by atoms with Gasteiger partial charge in [0.1, 0.15) is 6.67 Å². The largest absolute Gasteiger partial charge is 0.416 e. The molecule has 1 aromatic carbocycles. The van der Waals surface area contributed by atoms with E-state index in [1.54, 1.807) is 18.2 Å². The normalized spacial score (nSPS) is 19.3. The molecule has 4 heterocycles. The highest BCUT2D eigenvalue weighted by atomic mass is 19.4. The molecule has 158 valence electrons. The highest BCUT2D eigenvalue weighted by Gasteiger charge is 2.36. The number of nitrogens with zero attached hydrogens (tertiary/aromatic N) is 3. The summed E-state index contributed by atoms with van der Waals surface area (Å²) in [5.74, 6) is 0. The van der Waals surface area contributed by atoms with Crippen molar-refractivity contribution < 1.29 is 17.6 Å². The summed E-state index contributed by atoms with van der Waals surface area (Å²) < 4.78 is 54.0. The molecule has 1 fully saturated rings. The Morgan fingerprint density at radius 3 is 2.57 bits per heavy atom. The van der Waals surface area contributed by atoms with Crippen molar-refractivity contribution in [2.45, 2.75) is 51.1 Å². The fourth-order valence-corrected chi connectivity index (χ4v) is 5.06. The number of aromatic nitrogens is 2. The van der Waals surface area contributed by atoms with Gasteiger partial charge < -0.3 is 4.57 Å². The molecule has 1 saturated heterocycles. The molecule has 3 nitrogen and oxygen atoms in total. The summed E-state index contributed by atoms with van der Waals surface area (Å²) in [6.45, 7) is 2.17. The third-order valence-corrected chi connectivity index (χ3v) is 6.49. The van der Waals surface area contributed by atoms with Crippen LogP contribution in [0.2, 0.25) is 0 Å². The average Bonchev–Trinajstić information content (AvgIpc) is 3.33. The number of alkyl halides is 4. The van der Waals surface area contributed by atoms with Crippen LogP contribution in [0, 0.1) is 0 Å². The summed E-state index contributed by atoms with van der Waals surface area (Å²) in [6, 6.07) is 9.41. The van der Waals surface area contributed by atoms with Gasteiger partial charge in [-0.25, -0.2) is 9.37 Å². The van der Waals surface area contributed by atoms with Crippen molar-refractivity contribution in [2.24, 2.45) is 0 Å². The van der Waals surface area contributed by atoms with E-state index in [1.807, 2.05) is 6.07 Å². The summed E-state index contributed by atoms with van der Waals surface area (Å²) in [7, 11) is 0. The standard InChI is InChI=1S/C23H23F4N3/c24-14-17-7-8-20-22(28-17)21-18-2-1-11-29(18)12-10-19(21)30(20)13-9-15-3-5-16(6-4-15)23(25,26)27/h3-8,18H,1-2,9-14H2. The summed E-state index contributed by atoms with van der Waals surface area (Å²) in [6.07, 6.45) is -0.521. The Hall–Kier alpha value is -2.41. The second-order valence-electron chi connectivity index (χ2n) is 8.20. The first-order valence-electron chi connectivity index (χ1n) is 10.4. The fraction of sp³-hybridized carbons (Fsp3) is 0.435. The van der Waals surface area contributed by atoms with E-state index in [9.17, 15) is 17.6 Å². The minimum absolute atomic E-state index is 0.339. The van der Waals surface area contributed by atoms with E-state index in [4.69, 9.17) is 0 Å². The van der Waals surface area contributed by atoms with E-state index < -0.39 is 18.4 Å². The van der Waals surface area contributed by atoms with Crippen LogP contribution in [-0.4, -0.2) is 27.5 Å². The van der Waals surface area contributed by atoms with Crippen LogP contribution < -0.4 is 0 Å². The highest BCUT2D eigenvalue weighted by Crippen LogP contribution is 2.42. The third-order valence-electron chi connectivity index (χ3n) is 6.49. The van der Waals surface area contributed by atoms with Gasteiger partial charge in [0.15, 0.2) is 0 Å². The monoisotopic (exact) mass is 417 g/mol. The van der Waals surface area contributed by atoms with E-state index in [-0.39, 0.29) is 0 Å². The Morgan fingerprint density at radius 1 is 1.03 bits per heavy atom. The van der Waals surface area contributed by atoms with Gasteiger partial charge in [-0.15, -0.1) is 0 Å². The first kappa shape index (κ1) is 19.5. The molecule has 2 aliphatic rings. The van der Waals surface area contributed by atoms with Gasteiger partial charge in [-0.1, -0.05) is 12.1 Å². The van der Waals surface area contributed by atoms with Gasteiger partial charge in [-0.05, 0) is 55.6 Å². The highest BCUT2D eigenvalue weighted by molar-refractivity contribution is 5.83. The van der Waals surface area contributed by atoms with E-state index in [2.05, 4.69) is 14.5 Å². The molecule has 0 amide bonds. The van der Waals surface area contributed by atoms with E-state index in [1.165, 1.54) is 11.3 Å². The Balaban J connectivity index is 1.50. The molecule has 30 heavy (non-hydrogen) atoms. The van der Waals surface area contributed by atoms with Crippen LogP contribution in [0.15, 0.2) is 36.4 Å². The van der Waals surface area contributed by atoms with Crippen LogP contribution in [0.1, 0.15) is 47.0 Å². The number of halogens is 4. The molecule has 2 aliphatic heterocycles. The van der Waals surface area contributed by atoms with Gasteiger partial charge in [0.05, 0.1) is 22.3 Å². The molecule has 0 saturated carbocycles. The van der Waals surface area contributed by atoms with Crippen LogP contribution in [0.3, 0.4) is 0 Å². The van der Waals surface area contributed by atoms with Crippen LogP contribution in [0.5, 0.6) is 0 Å². The minimum Gasteiger partial charge on any atom is -0.343 e. The summed E-state index contributed by atoms with van der Waals surface area (Å²) in [5.41, 5.74) is 5.06. The van der Waals surface area contributed by atoms with Gasteiger partial charge in [0.25, 0.3) is 0 Å². The molecule has 3 aromatic rings. The predicted octanol–water partition coefficient (Wildman–Crippen LogP) is 5.46. The number of hydrogen-bond acceptors (Lipinski definition) is 2. The molecule has 2 aromatic heterocycles. The second-order valence-corrected chi connectivity index (χ2v) is 8.20. The number of pyridine rings is 1. The Labute approximate surface area is 172 Å². The molecular weight excluding hydrogens is 394 g/mol. The molecule has 0 aliphatic carbocycles. The van der Waals surface area contributed by atoms with Crippen molar-refractivity contribution in [3.63, 3.8) is 0 Å². The van der Waals surface area contributed by atoms with Crippen molar-refractivity contribution >= 4 is 11.0 Å². The lowest BCUT2D eigenvalue weighted by Gasteiger charge is -2.30. The van der Waals surface area contributed by atoms with Crippen molar-refractivity contribution in [3.8, 4) is 0 Å². The molecule has 5 rings (SSSR count). The van der Waals surface area contributed by atoms with Crippen molar-refractivity contribution in [1.29, 1.82) is 0 Å². The Morgan fingerprint density at radius 2 is 1.83 bits per heavy atom. The second kappa shape index (κ2) is 7.38. The molecule has 0 N–H and O–H groups in total. The maximum absolute atomic E-state index is 13.3. The van der Waals surface area contributed by atoms with E-state index in [0.717, 1.165) is 61.1 Å². The molecule has 7 heteroatoms. The maximum Gasteiger partial charge on any atom is 0.416 e. The molecule has 0 spiro atoms. The first-order valence-corrected chi connectivity index (χ1v) is 10.4. The molecule has 0 radical (unpaired) electrons. The van der Waals surface area contributed by atoms with E-state index >= 15 is 0 Å². The van der Waals surface area contributed by atoms with Crippen LogP contribution in [-0.2, 0) is 32.2 Å². The van der Waals surface area contributed by atoms with Gasteiger partial charge in [0.2, 0.25) is 0 Å². The average molecular weight is 417 g/mol. The van der Waals surface area contributed by atoms with Gasteiger partial charge in [0, 0.05) is 36.8 Å². The quantitative estimate of drug-likeness (QED) is 0.526. The topological polar surface area (TPSA) is 21.1 Å². The Kier molecular flexibility index (Phi) is 4.81. The van der Waals surface area contributed by atoms with Gasteiger partial charge in [-0.2, -0.15) is 13.2 Å². The SMILES string of the molecule is FCc1ccc2c(n1)c1c(n2CCc2ccc(C(F)(F)F)cc2)CCN2CCCC12. The fourth-order valence-electron chi connectivity index (χ4n) is 5.06. The Bertz CT molecular complexity index is 1070. The zero-order valence-corrected chi connectivity index (χ0v) is 16.6. The summed E-state index contributed by atoms with van der Waals surface area (Å²) in [5, 5.41) is 0. The smallest absolute Gasteiger partial charge is 0.343 e. The number of benzene rings is 1. The predicted molar refractivity (Wildman–Crippen MR) is 107 cm³/mol. The zero-order valence-electron chi connectivity index (χ0n) is 16.6. The van der Waals surface area contributed by atoms with Gasteiger partial charge in [-0.3, -0.25) is 4.90 Å². The van der Waals surface area contributed by atoms with Crippen LogP contribution in [0.4, 0.5) is 17.6 Å². The van der Waals surface area contributed by atoms with Crippen LogP contribution >= 0.6 is 0 Å². The summed E-state index contributed by atoms with van der Waals surface area (Å²) in [4.78, 5) is 7.13. The van der Waals surface area contributed by atoms with Crippen molar-refractivity contribution in [1.82, 2.24) is 14.5 Å². The maximum atomic E-state index is 13.3. The lowest BCUT2D eigenvalue weighted by Crippen LogP contribution is -2.31. The summed E-state index contributed by atoms with van der Waals surface area (Å²) >= 11 is 0. The molecule has 1 unspecified atom stereocenters. The molecule has 0 bridgehead atoms. The van der Waals surface area contributed by atoms with Crippen molar-refractivity contribution in [2.75, 3.05) is 13.1 Å². The number of hydrogen-bond donors (Lipinski definition) is 0. The minimum atomic E-state index is -4.32. The first-order chi connectivity index (χ1) is 14.5. The lowest BCUT2D eigenvalue weighted by atomic mass is 9.98. The molecular formula is C23H23F4N3. The van der Waals surface area contributed by atoms with Gasteiger partial charge >= 0.3 is 6.18 Å².